The number of carboxylic acids is 1. The third-order valence-corrected chi connectivity index (χ3v) is 3.38. The van der Waals surface area contributed by atoms with Gasteiger partial charge in [-0.15, -0.1) is 0 Å². The second kappa shape index (κ2) is 4.45. The highest BCUT2D eigenvalue weighted by Gasteiger charge is 2.38. The smallest absolute Gasteiger partial charge is 0.311 e. The summed E-state index contributed by atoms with van der Waals surface area (Å²) in [6.45, 7) is 0. The maximum absolute atomic E-state index is 11.3. The molecule has 0 radical (unpaired) electrons. The largest absolute Gasteiger partial charge is 0.496 e. The fourth-order valence-electron chi connectivity index (χ4n) is 1.96. The lowest BCUT2D eigenvalue weighted by Crippen LogP contribution is -2.14. The number of ether oxygens (including phenoxy) is 1. The van der Waals surface area contributed by atoms with Gasteiger partial charge in [-0.05, 0) is 30.9 Å². The monoisotopic (exact) mass is 284 g/mol. The SMILES string of the molecule is COc1cc(Br)ccc1C(C(=O)O)C1CC1. The summed E-state index contributed by atoms with van der Waals surface area (Å²) in [6, 6.07) is 5.50. The summed E-state index contributed by atoms with van der Waals surface area (Å²) in [4.78, 5) is 11.3. The van der Waals surface area contributed by atoms with E-state index in [0.29, 0.717) is 5.75 Å². The Labute approximate surface area is 103 Å². The second-order valence-corrected chi connectivity index (χ2v) is 4.96. The van der Waals surface area contributed by atoms with E-state index in [9.17, 15) is 9.90 Å². The third-order valence-electron chi connectivity index (χ3n) is 2.89. The molecule has 86 valence electrons. The molecule has 1 unspecified atom stereocenters. The summed E-state index contributed by atoms with van der Waals surface area (Å²) < 4.78 is 6.14. The first-order valence-electron chi connectivity index (χ1n) is 5.19. The zero-order valence-electron chi connectivity index (χ0n) is 8.94. The van der Waals surface area contributed by atoms with Gasteiger partial charge in [0.15, 0.2) is 0 Å². The molecule has 0 amide bonds. The fraction of sp³-hybridized carbons (Fsp3) is 0.417. The van der Waals surface area contributed by atoms with Crippen molar-refractivity contribution in [2.75, 3.05) is 7.11 Å². The summed E-state index contributed by atoms with van der Waals surface area (Å²) in [7, 11) is 1.57. The van der Waals surface area contributed by atoms with Gasteiger partial charge < -0.3 is 9.84 Å². The molecular weight excluding hydrogens is 272 g/mol. The van der Waals surface area contributed by atoms with E-state index in [0.717, 1.165) is 22.9 Å². The van der Waals surface area contributed by atoms with Gasteiger partial charge in [0, 0.05) is 10.0 Å². The van der Waals surface area contributed by atoms with Crippen LogP contribution < -0.4 is 4.74 Å². The maximum atomic E-state index is 11.3. The van der Waals surface area contributed by atoms with Crippen molar-refractivity contribution >= 4 is 21.9 Å². The number of carboxylic acid groups (broad SMARTS) is 1. The van der Waals surface area contributed by atoms with E-state index in [1.807, 2.05) is 18.2 Å². The molecular formula is C12H13BrO3. The van der Waals surface area contributed by atoms with E-state index in [-0.39, 0.29) is 5.92 Å². The average molecular weight is 285 g/mol. The van der Waals surface area contributed by atoms with E-state index in [2.05, 4.69) is 15.9 Å². The van der Waals surface area contributed by atoms with Gasteiger partial charge in [-0.1, -0.05) is 22.0 Å². The lowest BCUT2D eigenvalue weighted by Gasteiger charge is -2.15. The van der Waals surface area contributed by atoms with Gasteiger partial charge in [0.25, 0.3) is 0 Å². The molecule has 1 saturated carbocycles. The lowest BCUT2D eigenvalue weighted by atomic mass is 9.93. The quantitative estimate of drug-likeness (QED) is 0.925. The Hall–Kier alpha value is -1.03. The van der Waals surface area contributed by atoms with Crippen LogP contribution in [0.3, 0.4) is 0 Å². The lowest BCUT2D eigenvalue weighted by molar-refractivity contribution is -0.139. The van der Waals surface area contributed by atoms with Crippen LogP contribution in [0, 0.1) is 5.92 Å². The van der Waals surface area contributed by atoms with E-state index in [1.54, 1.807) is 7.11 Å². The first-order valence-corrected chi connectivity index (χ1v) is 5.99. The Kier molecular flexibility index (Phi) is 3.19. The van der Waals surface area contributed by atoms with Gasteiger partial charge in [-0.2, -0.15) is 0 Å². The van der Waals surface area contributed by atoms with Crippen molar-refractivity contribution in [3.05, 3.63) is 28.2 Å². The van der Waals surface area contributed by atoms with Gasteiger partial charge in [0.05, 0.1) is 13.0 Å². The van der Waals surface area contributed by atoms with Gasteiger partial charge in [-0.3, -0.25) is 4.79 Å². The molecule has 0 bridgehead atoms. The number of benzene rings is 1. The van der Waals surface area contributed by atoms with Crippen molar-refractivity contribution in [1.29, 1.82) is 0 Å². The summed E-state index contributed by atoms with van der Waals surface area (Å²) in [5.74, 6) is -0.271. The van der Waals surface area contributed by atoms with Crippen LogP contribution in [0.15, 0.2) is 22.7 Å². The second-order valence-electron chi connectivity index (χ2n) is 4.04. The summed E-state index contributed by atoms with van der Waals surface area (Å²) in [5, 5.41) is 9.26. The number of hydrogen-bond acceptors (Lipinski definition) is 2. The first kappa shape index (κ1) is 11.5. The van der Waals surface area contributed by atoms with Crippen molar-refractivity contribution in [1.82, 2.24) is 0 Å². The molecule has 16 heavy (non-hydrogen) atoms. The minimum Gasteiger partial charge on any atom is -0.496 e. The van der Waals surface area contributed by atoms with Gasteiger partial charge in [-0.25, -0.2) is 0 Å². The molecule has 2 rings (SSSR count). The molecule has 0 heterocycles. The van der Waals surface area contributed by atoms with E-state index in [4.69, 9.17) is 4.74 Å². The standard InChI is InChI=1S/C12H13BrO3/c1-16-10-6-8(13)4-5-9(10)11(12(14)15)7-2-3-7/h4-7,11H,2-3H2,1H3,(H,14,15). The Morgan fingerprint density at radius 2 is 2.25 bits per heavy atom. The minimum atomic E-state index is -0.761. The molecule has 1 aliphatic carbocycles. The molecule has 1 aromatic rings. The van der Waals surface area contributed by atoms with Crippen LogP contribution in [-0.2, 0) is 4.79 Å². The molecule has 1 fully saturated rings. The van der Waals surface area contributed by atoms with Crippen molar-refractivity contribution in [2.24, 2.45) is 5.92 Å². The molecule has 0 spiro atoms. The highest BCUT2D eigenvalue weighted by molar-refractivity contribution is 9.10. The zero-order chi connectivity index (χ0) is 11.7. The van der Waals surface area contributed by atoms with Crippen LogP contribution in [0.2, 0.25) is 0 Å². The van der Waals surface area contributed by atoms with E-state index in [1.165, 1.54) is 0 Å². The highest BCUT2D eigenvalue weighted by atomic mass is 79.9. The highest BCUT2D eigenvalue weighted by Crippen LogP contribution is 2.45. The predicted octanol–water partition coefficient (Wildman–Crippen LogP) is 3.04. The van der Waals surface area contributed by atoms with Gasteiger partial charge >= 0.3 is 5.97 Å². The Bertz CT molecular complexity index is 413. The number of aliphatic carboxylic acids is 1. The van der Waals surface area contributed by atoms with Gasteiger partial charge in [0.1, 0.15) is 5.75 Å². The number of rotatable bonds is 4. The molecule has 1 aliphatic rings. The number of hydrogen-bond donors (Lipinski definition) is 1. The van der Waals surface area contributed by atoms with Crippen molar-refractivity contribution in [3.63, 3.8) is 0 Å². The molecule has 3 nitrogen and oxygen atoms in total. The molecule has 1 atom stereocenters. The molecule has 1 aromatic carbocycles. The Morgan fingerprint density at radius 1 is 1.56 bits per heavy atom. The minimum absolute atomic E-state index is 0.271. The zero-order valence-corrected chi connectivity index (χ0v) is 10.5. The van der Waals surface area contributed by atoms with Crippen LogP contribution >= 0.6 is 15.9 Å². The Balaban J connectivity index is 2.40. The van der Waals surface area contributed by atoms with Crippen LogP contribution in [0.1, 0.15) is 24.3 Å². The van der Waals surface area contributed by atoms with E-state index >= 15 is 0 Å². The summed E-state index contributed by atoms with van der Waals surface area (Å²) in [6.07, 6.45) is 1.99. The molecule has 0 saturated heterocycles. The number of halogens is 1. The van der Waals surface area contributed by atoms with Crippen molar-refractivity contribution < 1.29 is 14.6 Å². The number of carbonyl (C=O) groups is 1. The van der Waals surface area contributed by atoms with Crippen molar-refractivity contribution in [2.45, 2.75) is 18.8 Å². The fourth-order valence-corrected chi connectivity index (χ4v) is 2.30. The molecule has 0 aromatic heterocycles. The maximum Gasteiger partial charge on any atom is 0.311 e. The average Bonchev–Trinajstić information content (AvgIpc) is 3.04. The topological polar surface area (TPSA) is 46.5 Å². The summed E-state index contributed by atoms with van der Waals surface area (Å²) >= 11 is 3.35. The third kappa shape index (κ3) is 2.21. The number of methoxy groups -OCH3 is 1. The molecule has 0 aliphatic heterocycles. The first-order chi connectivity index (χ1) is 7.63. The van der Waals surface area contributed by atoms with Crippen LogP contribution in [0.5, 0.6) is 5.75 Å². The normalized spacial score (nSPS) is 16.9. The van der Waals surface area contributed by atoms with Crippen LogP contribution in [0.4, 0.5) is 0 Å². The van der Waals surface area contributed by atoms with Crippen LogP contribution in [-0.4, -0.2) is 18.2 Å². The van der Waals surface area contributed by atoms with E-state index < -0.39 is 11.9 Å². The predicted molar refractivity (Wildman–Crippen MR) is 63.8 cm³/mol. The van der Waals surface area contributed by atoms with Crippen LogP contribution in [0.25, 0.3) is 0 Å². The molecule has 4 heteroatoms. The summed E-state index contributed by atoms with van der Waals surface area (Å²) in [5.41, 5.74) is 0.778. The Morgan fingerprint density at radius 3 is 2.75 bits per heavy atom. The van der Waals surface area contributed by atoms with Crippen molar-refractivity contribution in [3.8, 4) is 5.75 Å². The van der Waals surface area contributed by atoms with Gasteiger partial charge in [0.2, 0.25) is 0 Å². The molecule has 1 N–H and O–H groups in total.